The normalized spacial score (nSPS) is 11.0. The Morgan fingerprint density at radius 3 is 2.68 bits per heavy atom. The van der Waals surface area contributed by atoms with E-state index in [1.807, 2.05) is 6.07 Å². The summed E-state index contributed by atoms with van der Waals surface area (Å²) < 4.78 is 19.3. The lowest BCUT2D eigenvalue weighted by Gasteiger charge is -2.07. The molecule has 8 heteroatoms. The van der Waals surface area contributed by atoms with Gasteiger partial charge in [-0.15, -0.1) is 0 Å². The van der Waals surface area contributed by atoms with Gasteiger partial charge in [-0.3, -0.25) is 4.98 Å². The van der Waals surface area contributed by atoms with Crippen LogP contribution >= 0.6 is 0 Å². The third-order valence-electron chi connectivity index (χ3n) is 2.52. The minimum Gasteiger partial charge on any atom is -0.486 e. The van der Waals surface area contributed by atoms with Crippen LogP contribution in [0.15, 0.2) is 52.7 Å². The van der Waals surface area contributed by atoms with Gasteiger partial charge in [-0.1, -0.05) is 6.07 Å². The Morgan fingerprint density at radius 2 is 2.05 bits per heavy atom. The van der Waals surface area contributed by atoms with Crippen LogP contribution in [-0.2, 0) is 6.61 Å². The van der Waals surface area contributed by atoms with Crippen LogP contribution in [0.5, 0.6) is 5.75 Å². The molecule has 0 bridgehead atoms. The molecule has 0 aliphatic rings. The van der Waals surface area contributed by atoms with Gasteiger partial charge in [0, 0.05) is 24.0 Å². The van der Waals surface area contributed by atoms with Crippen molar-refractivity contribution in [2.45, 2.75) is 6.61 Å². The molecule has 7 nitrogen and oxygen atoms in total. The molecule has 0 spiro atoms. The van der Waals surface area contributed by atoms with Crippen molar-refractivity contribution in [2.24, 2.45) is 27.2 Å². The second-order valence-corrected chi connectivity index (χ2v) is 4.27. The molecule has 114 valence electrons. The maximum Gasteiger partial charge on any atom is 0.223 e. The van der Waals surface area contributed by atoms with E-state index >= 15 is 0 Å². The first kappa shape index (κ1) is 15.2. The predicted octanol–water partition coefficient (Wildman–Crippen LogP) is 1.02. The summed E-state index contributed by atoms with van der Waals surface area (Å²) in [5.74, 6) is -0.854. The second-order valence-electron chi connectivity index (χ2n) is 4.27. The number of nitrogens with two attached hydrogens (primary N) is 3. The molecule has 0 fully saturated rings. The molecule has 0 aliphatic carbocycles. The Hall–Kier alpha value is -3.16. The number of hydrogen-bond donors (Lipinski definition) is 3. The van der Waals surface area contributed by atoms with E-state index in [4.69, 9.17) is 21.9 Å². The molecular formula is C14H15FN6O. The fourth-order valence-corrected chi connectivity index (χ4v) is 1.61. The summed E-state index contributed by atoms with van der Waals surface area (Å²) in [6, 6.07) is 7.77. The molecule has 1 aromatic carbocycles. The summed E-state index contributed by atoms with van der Waals surface area (Å²) in [5.41, 5.74) is 16.9. The van der Waals surface area contributed by atoms with Crippen LogP contribution in [0.3, 0.4) is 0 Å². The largest absolute Gasteiger partial charge is 0.486 e. The maximum absolute atomic E-state index is 13.9. The summed E-state index contributed by atoms with van der Waals surface area (Å²) in [7, 11) is 0. The molecule has 0 unspecified atom stereocenters. The fourth-order valence-electron chi connectivity index (χ4n) is 1.61. The van der Waals surface area contributed by atoms with Gasteiger partial charge in [0.15, 0.2) is 17.5 Å². The molecule has 0 amide bonds. The van der Waals surface area contributed by atoms with Gasteiger partial charge < -0.3 is 21.9 Å². The average Bonchev–Trinajstić information content (AvgIpc) is 2.46. The zero-order valence-electron chi connectivity index (χ0n) is 11.6. The van der Waals surface area contributed by atoms with E-state index in [1.165, 1.54) is 18.2 Å². The molecule has 6 N–H and O–H groups in total. The summed E-state index contributed by atoms with van der Waals surface area (Å²) in [6.45, 7) is 0.212. The number of pyridine rings is 1. The highest BCUT2D eigenvalue weighted by molar-refractivity contribution is 5.93. The van der Waals surface area contributed by atoms with Crippen LogP contribution in [-0.4, -0.2) is 16.9 Å². The lowest BCUT2D eigenvalue weighted by Crippen LogP contribution is -2.26. The number of benzene rings is 1. The van der Waals surface area contributed by atoms with E-state index in [0.29, 0.717) is 0 Å². The molecule has 1 heterocycles. The topological polar surface area (TPSA) is 125 Å². The molecule has 0 saturated heterocycles. The van der Waals surface area contributed by atoms with Gasteiger partial charge in [-0.2, -0.15) is 4.99 Å². The highest BCUT2D eigenvalue weighted by atomic mass is 19.1. The number of guanidine groups is 2. The van der Waals surface area contributed by atoms with Crippen LogP contribution in [0.4, 0.5) is 10.1 Å². The molecule has 2 aromatic rings. The van der Waals surface area contributed by atoms with Crippen molar-refractivity contribution in [3.05, 3.63) is 54.1 Å². The number of nitrogens with zero attached hydrogens (tertiary/aromatic N) is 3. The van der Waals surface area contributed by atoms with Gasteiger partial charge >= 0.3 is 0 Å². The van der Waals surface area contributed by atoms with Gasteiger partial charge in [-0.25, -0.2) is 9.38 Å². The Labute approximate surface area is 126 Å². The maximum atomic E-state index is 13.9. The van der Waals surface area contributed by atoms with Crippen molar-refractivity contribution in [2.75, 3.05) is 0 Å². The summed E-state index contributed by atoms with van der Waals surface area (Å²) >= 11 is 0. The first-order valence-electron chi connectivity index (χ1n) is 6.29. The standard InChI is InChI=1S/C14H15FN6O/c15-11-6-10(20-14(18)21-13(16)17)3-4-12(11)22-8-9-2-1-5-19-7-9/h1-7H,8H2,(H6,16,17,18,20,21). The lowest BCUT2D eigenvalue weighted by molar-refractivity contribution is 0.290. The first-order chi connectivity index (χ1) is 10.5. The van der Waals surface area contributed by atoms with Gasteiger partial charge in [0.2, 0.25) is 5.96 Å². The van der Waals surface area contributed by atoms with Crippen molar-refractivity contribution >= 4 is 17.6 Å². The zero-order valence-corrected chi connectivity index (χ0v) is 11.6. The monoisotopic (exact) mass is 302 g/mol. The summed E-state index contributed by atoms with van der Waals surface area (Å²) in [6.07, 6.45) is 3.30. The number of halogens is 1. The molecule has 0 aliphatic heterocycles. The van der Waals surface area contributed by atoms with Crippen molar-refractivity contribution in [3.8, 4) is 5.75 Å². The SMILES string of the molecule is NC(N)=NC(N)=Nc1ccc(OCc2cccnc2)c(F)c1. The molecule has 1 aromatic heterocycles. The highest BCUT2D eigenvalue weighted by Gasteiger charge is 2.05. The van der Waals surface area contributed by atoms with Gasteiger partial charge in [-0.05, 0) is 18.2 Å². The van der Waals surface area contributed by atoms with Crippen LogP contribution in [0, 0.1) is 5.82 Å². The van der Waals surface area contributed by atoms with E-state index in [-0.39, 0.29) is 30.0 Å². The minimum atomic E-state index is -0.567. The third-order valence-corrected chi connectivity index (χ3v) is 2.52. The smallest absolute Gasteiger partial charge is 0.223 e. The predicted molar refractivity (Wildman–Crippen MR) is 82.1 cm³/mol. The first-order valence-corrected chi connectivity index (χ1v) is 6.29. The van der Waals surface area contributed by atoms with Gasteiger partial charge in [0.25, 0.3) is 0 Å². The minimum absolute atomic E-state index is 0.100. The van der Waals surface area contributed by atoms with Crippen molar-refractivity contribution in [1.82, 2.24) is 4.98 Å². The van der Waals surface area contributed by atoms with Gasteiger partial charge in [0.1, 0.15) is 6.61 Å². The van der Waals surface area contributed by atoms with Crippen molar-refractivity contribution in [3.63, 3.8) is 0 Å². The second kappa shape index (κ2) is 7.02. The van der Waals surface area contributed by atoms with Crippen molar-refractivity contribution < 1.29 is 9.13 Å². The Bertz CT molecular complexity index is 698. The molecule has 2 rings (SSSR count). The number of aromatic nitrogens is 1. The molecule has 0 saturated carbocycles. The lowest BCUT2D eigenvalue weighted by atomic mass is 10.3. The Balaban J connectivity index is 2.08. The van der Waals surface area contributed by atoms with E-state index in [0.717, 1.165) is 5.56 Å². The zero-order chi connectivity index (χ0) is 15.9. The molecule has 0 atom stereocenters. The Kier molecular flexibility index (Phi) is 4.86. The third kappa shape index (κ3) is 4.44. The van der Waals surface area contributed by atoms with Crippen molar-refractivity contribution in [1.29, 1.82) is 0 Å². The number of aliphatic imine (C=N–C) groups is 2. The number of ether oxygens (including phenoxy) is 1. The van der Waals surface area contributed by atoms with Gasteiger partial charge in [0.05, 0.1) is 5.69 Å². The highest BCUT2D eigenvalue weighted by Crippen LogP contribution is 2.23. The summed E-state index contributed by atoms with van der Waals surface area (Å²) in [5, 5.41) is 0. The van der Waals surface area contributed by atoms with E-state index in [1.54, 1.807) is 18.5 Å². The summed E-state index contributed by atoms with van der Waals surface area (Å²) in [4.78, 5) is 11.4. The van der Waals surface area contributed by atoms with Crippen LogP contribution in [0.1, 0.15) is 5.56 Å². The molecule has 22 heavy (non-hydrogen) atoms. The quantitative estimate of drug-likeness (QED) is 0.574. The van der Waals surface area contributed by atoms with Crippen LogP contribution in [0.2, 0.25) is 0 Å². The Morgan fingerprint density at radius 1 is 1.23 bits per heavy atom. The van der Waals surface area contributed by atoms with Crippen LogP contribution < -0.4 is 21.9 Å². The number of hydrogen-bond acceptors (Lipinski definition) is 3. The molecule has 0 radical (unpaired) electrons. The molecular weight excluding hydrogens is 287 g/mol. The average molecular weight is 302 g/mol. The van der Waals surface area contributed by atoms with E-state index < -0.39 is 5.82 Å². The number of rotatable bonds is 4. The fraction of sp³-hybridized carbons (Fsp3) is 0.0714. The van der Waals surface area contributed by atoms with Crippen LogP contribution in [0.25, 0.3) is 0 Å². The van der Waals surface area contributed by atoms with E-state index in [2.05, 4.69) is 15.0 Å². The van der Waals surface area contributed by atoms with E-state index in [9.17, 15) is 4.39 Å².